The van der Waals surface area contributed by atoms with Crippen molar-refractivity contribution in [3.8, 4) is 16.2 Å². The van der Waals surface area contributed by atoms with E-state index < -0.39 is 11.9 Å². The minimum absolute atomic E-state index is 0.253. The molecule has 0 spiro atoms. The molecular formula is C16H20N4O3S. The standard InChI is InChI=1S/C16H20N4O3S/c1-20(2)6-7-23-11-5-3-4-10(8-11)13-9-12(19-16(18)22)14(24-13)15(17)21/h3-5,8-9H,6-7H2,1-2H3,(H2,17,21)(H3,18,19,22). The number of nitrogens with two attached hydrogens (primary N) is 2. The van der Waals surface area contributed by atoms with E-state index in [4.69, 9.17) is 16.2 Å². The predicted octanol–water partition coefficient (Wildman–Crippen LogP) is 1.95. The summed E-state index contributed by atoms with van der Waals surface area (Å²) >= 11 is 1.19. The van der Waals surface area contributed by atoms with Gasteiger partial charge in [-0.3, -0.25) is 4.79 Å². The molecule has 1 heterocycles. The maximum absolute atomic E-state index is 11.5. The second-order valence-electron chi connectivity index (χ2n) is 5.39. The molecule has 1 aromatic heterocycles. The van der Waals surface area contributed by atoms with Gasteiger partial charge in [0, 0.05) is 11.4 Å². The number of primary amides is 2. The molecular weight excluding hydrogens is 328 g/mol. The number of carbonyl (C=O) groups excluding carboxylic acids is 2. The Kier molecular flexibility index (Phi) is 5.78. The molecule has 2 rings (SSSR count). The first-order valence-corrected chi connectivity index (χ1v) is 8.06. The minimum Gasteiger partial charge on any atom is -0.492 e. The summed E-state index contributed by atoms with van der Waals surface area (Å²) in [5.41, 5.74) is 11.7. The molecule has 3 amide bonds. The molecule has 0 radical (unpaired) electrons. The molecule has 0 aliphatic carbocycles. The number of amides is 3. The number of ether oxygens (including phenoxy) is 1. The van der Waals surface area contributed by atoms with Crippen LogP contribution in [0.2, 0.25) is 0 Å². The highest BCUT2D eigenvalue weighted by atomic mass is 32.1. The third-order valence-corrected chi connectivity index (χ3v) is 4.34. The highest BCUT2D eigenvalue weighted by molar-refractivity contribution is 7.18. The number of likely N-dealkylation sites (N-methyl/N-ethyl adjacent to an activating group) is 1. The Balaban J connectivity index is 2.24. The van der Waals surface area contributed by atoms with Gasteiger partial charge in [0.2, 0.25) is 0 Å². The SMILES string of the molecule is CN(C)CCOc1cccc(-c2cc(NC(N)=O)c(C(N)=O)s2)c1. The van der Waals surface area contributed by atoms with Gasteiger partial charge in [-0.2, -0.15) is 0 Å². The summed E-state index contributed by atoms with van der Waals surface area (Å²) in [6.45, 7) is 1.38. The van der Waals surface area contributed by atoms with Crippen molar-refractivity contribution < 1.29 is 14.3 Å². The Hall–Kier alpha value is -2.58. The topological polar surface area (TPSA) is 111 Å². The summed E-state index contributed by atoms with van der Waals surface area (Å²) in [7, 11) is 3.95. The number of nitrogens with zero attached hydrogens (tertiary/aromatic N) is 1. The van der Waals surface area contributed by atoms with Gasteiger partial charge in [-0.05, 0) is 37.9 Å². The van der Waals surface area contributed by atoms with Crippen LogP contribution in [0.4, 0.5) is 10.5 Å². The molecule has 0 fully saturated rings. The Morgan fingerprint density at radius 2 is 2.00 bits per heavy atom. The summed E-state index contributed by atoms with van der Waals surface area (Å²) in [6, 6.07) is 8.43. The Morgan fingerprint density at radius 1 is 1.25 bits per heavy atom. The average molecular weight is 348 g/mol. The van der Waals surface area contributed by atoms with Crippen LogP contribution in [0.5, 0.6) is 5.75 Å². The number of thiophene rings is 1. The van der Waals surface area contributed by atoms with Gasteiger partial charge in [0.05, 0.1) is 5.69 Å². The van der Waals surface area contributed by atoms with E-state index in [9.17, 15) is 9.59 Å². The van der Waals surface area contributed by atoms with Gasteiger partial charge >= 0.3 is 6.03 Å². The summed E-state index contributed by atoms with van der Waals surface area (Å²) in [6.07, 6.45) is 0. The molecule has 0 saturated carbocycles. The second-order valence-corrected chi connectivity index (χ2v) is 6.44. The quantitative estimate of drug-likeness (QED) is 0.710. The van der Waals surface area contributed by atoms with Gasteiger partial charge in [-0.1, -0.05) is 12.1 Å². The van der Waals surface area contributed by atoms with Gasteiger partial charge in [0.1, 0.15) is 17.2 Å². The lowest BCUT2D eigenvalue weighted by Crippen LogP contribution is -2.21. The zero-order valence-corrected chi connectivity index (χ0v) is 14.4. The average Bonchev–Trinajstić information content (AvgIpc) is 2.90. The van der Waals surface area contributed by atoms with Crippen molar-refractivity contribution in [2.45, 2.75) is 0 Å². The number of rotatable bonds is 7. The van der Waals surface area contributed by atoms with E-state index in [1.165, 1.54) is 11.3 Å². The van der Waals surface area contributed by atoms with Crippen molar-refractivity contribution in [2.24, 2.45) is 11.5 Å². The number of benzene rings is 1. The smallest absolute Gasteiger partial charge is 0.316 e. The highest BCUT2D eigenvalue weighted by Crippen LogP contribution is 2.35. The van der Waals surface area contributed by atoms with Crippen LogP contribution in [-0.2, 0) is 0 Å². The fourth-order valence-electron chi connectivity index (χ4n) is 2.03. The summed E-state index contributed by atoms with van der Waals surface area (Å²) in [5, 5.41) is 2.42. The van der Waals surface area contributed by atoms with Crippen LogP contribution < -0.4 is 21.5 Å². The molecule has 0 unspecified atom stereocenters. The van der Waals surface area contributed by atoms with Gasteiger partial charge < -0.3 is 26.4 Å². The molecule has 1 aromatic carbocycles. The van der Waals surface area contributed by atoms with Crippen LogP contribution in [0.3, 0.4) is 0 Å². The predicted molar refractivity (Wildman–Crippen MR) is 95.5 cm³/mol. The summed E-state index contributed by atoms with van der Waals surface area (Å²) in [4.78, 5) is 25.7. The highest BCUT2D eigenvalue weighted by Gasteiger charge is 2.16. The Morgan fingerprint density at radius 3 is 2.62 bits per heavy atom. The minimum atomic E-state index is -0.748. The van der Waals surface area contributed by atoms with E-state index in [1.54, 1.807) is 6.07 Å². The normalized spacial score (nSPS) is 10.6. The number of nitrogens with one attached hydrogen (secondary N) is 1. The van der Waals surface area contributed by atoms with E-state index in [1.807, 2.05) is 43.3 Å². The van der Waals surface area contributed by atoms with Gasteiger partial charge in [0.25, 0.3) is 5.91 Å². The summed E-state index contributed by atoms with van der Waals surface area (Å²) < 4.78 is 5.71. The monoisotopic (exact) mass is 348 g/mol. The molecule has 7 nitrogen and oxygen atoms in total. The van der Waals surface area contributed by atoms with Crippen molar-refractivity contribution in [1.29, 1.82) is 0 Å². The van der Waals surface area contributed by atoms with E-state index >= 15 is 0 Å². The van der Waals surface area contributed by atoms with Crippen molar-refractivity contribution in [3.05, 3.63) is 35.2 Å². The van der Waals surface area contributed by atoms with Crippen LogP contribution in [0.15, 0.2) is 30.3 Å². The Labute approximate surface area is 144 Å². The van der Waals surface area contributed by atoms with Crippen molar-refractivity contribution >= 4 is 29.0 Å². The van der Waals surface area contributed by atoms with Gasteiger partial charge in [0.15, 0.2) is 0 Å². The number of carbonyl (C=O) groups is 2. The van der Waals surface area contributed by atoms with Gasteiger partial charge in [-0.25, -0.2) is 4.79 Å². The third-order valence-electron chi connectivity index (χ3n) is 3.14. The third kappa shape index (κ3) is 4.71. The van der Waals surface area contributed by atoms with Crippen LogP contribution >= 0.6 is 11.3 Å². The molecule has 8 heteroatoms. The van der Waals surface area contributed by atoms with E-state index in [2.05, 4.69) is 5.32 Å². The van der Waals surface area contributed by atoms with Crippen LogP contribution in [-0.4, -0.2) is 44.1 Å². The number of urea groups is 1. The number of anilines is 1. The fraction of sp³-hybridized carbons (Fsp3) is 0.250. The maximum atomic E-state index is 11.5. The molecule has 2 aromatic rings. The first kappa shape index (κ1) is 17.8. The van der Waals surface area contributed by atoms with E-state index in [0.29, 0.717) is 12.3 Å². The molecule has 0 saturated heterocycles. The number of hydrogen-bond donors (Lipinski definition) is 3. The summed E-state index contributed by atoms with van der Waals surface area (Å²) in [5.74, 6) is 0.112. The van der Waals surface area contributed by atoms with E-state index in [-0.39, 0.29) is 4.88 Å². The van der Waals surface area contributed by atoms with Crippen LogP contribution in [0.1, 0.15) is 9.67 Å². The molecule has 128 valence electrons. The molecule has 0 aliphatic heterocycles. The van der Waals surface area contributed by atoms with Gasteiger partial charge in [-0.15, -0.1) is 11.3 Å². The van der Waals surface area contributed by atoms with Crippen molar-refractivity contribution in [1.82, 2.24) is 4.90 Å². The largest absolute Gasteiger partial charge is 0.492 e. The zero-order chi connectivity index (χ0) is 17.7. The Bertz CT molecular complexity index is 743. The van der Waals surface area contributed by atoms with Crippen LogP contribution in [0, 0.1) is 0 Å². The second kappa shape index (κ2) is 7.80. The lowest BCUT2D eigenvalue weighted by atomic mass is 10.1. The molecule has 5 N–H and O–H groups in total. The van der Waals surface area contributed by atoms with Crippen molar-refractivity contribution in [3.63, 3.8) is 0 Å². The zero-order valence-electron chi connectivity index (χ0n) is 13.5. The van der Waals surface area contributed by atoms with Crippen molar-refractivity contribution in [2.75, 3.05) is 32.6 Å². The molecule has 24 heavy (non-hydrogen) atoms. The lowest BCUT2D eigenvalue weighted by Gasteiger charge is -2.11. The fourth-order valence-corrected chi connectivity index (χ4v) is 2.99. The molecule has 0 bridgehead atoms. The maximum Gasteiger partial charge on any atom is 0.316 e. The van der Waals surface area contributed by atoms with Crippen LogP contribution in [0.25, 0.3) is 10.4 Å². The first-order chi connectivity index (χ1) is 11.4. The lowest BCUT2D eigenvalue weighted by molar-refractivity contribution is 0.100. The van der Waals surface area contributed by atoms with E-state index in [0.717, 1.165) is 22.7 Å². The first-order valence-electron chi connectivity index (χ1n) is 7.25. The molecule has 0 aliphatic rings. The molecule has 0 atom stereocenters. The number of hydrogen-bond acceptors (Lipinski definition) is 5.